The van der Waals surface area contributed by atoms with Crippen LogP contribution in [0.4, 0.5) is 5.95 Å². The van der Waals surface area contributed by atoms with Crippen molar-refractivity contribution in [1.82, 2.24) is 9.97 Å². The number of hydrogen-bond acceptors (Lipinski definition) is 5. The van der Waals surface area contributed by atoms with E-state index in [1.54, 1.807) is 11.1 Å². The summed E-state index contributed by atoms with van der Waals surface area (Å²) in [5.74, 6) is 1.15. The molecule has 0 bridgehead atoms. The van der Waals surface area contributed by atoms with E-state index in [0.29, 0.717) is 24.8 Å². The Morgan fingerprint density at radius 2 is 2.18 bits per heavy atom. The second kappa shape index (κ2) is 4.60. The molecule has 17 heavy (non-hydrogen) atoms. The average molecular weight is 255 g/mol. The summed E-state index contributed by atoms with van der Waals surface area (Å²) >= 11 is 0. The molecule has 6 heteroatoms. The van der Waals surface area contributed by atoms with Crippen LogP contribution in [-0.2, 0) is 9.84 Å². The maximum absolute atomic E-state index is 11.6. The molecule has 0 aromatic carbocycles. The molecule has 0 N–H and O–H groups in total. The van der Waals surface area contributed by atoms with Gasteiger partial charge in [0.25, 0.3) is 0 Å². The molecule has 0 amide bonds. The van der Waals surface area contributed by atoms with Crippen molar-refractivity contribution in [3.63, 3.8) is 0 Å². The van der Waals surface area contributed by atoms with Gasteiger partial charge in [0, 0.05) is 18.4 Å². The van der Waals surface area contributed by atoms with Gasteiger partial charge in [0.05, 0.1) is 5.75 Å². The summed E-state index contributed by atoms with van der Waals surface area (Å²) in [5, 5.41) is 0. The third kappa shape index (κ3) is 2.94. The molecule has 1 aliphatic rings. The zero-order valence-corrected chi connectivity index (χ0v) is 10.9. The number of anilines is 1. The molecule has 0 unspecified atom stereocenters. The fraction of sp³-hybridized carbons (Fsp3) is 0.636. The van der Waals surface area contributed by atoms with Crippen LogP contribution in [0.5, 0.6) is 0 Å². The summed E-state index contributed by atoms with van der Waals surface area (Å²) in [6, 6.07) is 1.87. The van der Waals surface area contributed by atoms with E-state index in [2.05, 4.69) is 23.8 Å². The highest BCUT2D eigenvalue weighted by molar-refractivity contribution is 7.91. The molecule has 1 saturated heterocycles. The lowest BCUT2D eigenvalue weighted by atomic mass is 10.1. The summed E-state index contributed by atoms with van der Waals surface area (Å²) in [5.41, 5.74) is 0.943. The molecule has 94 valence electrons. The van der Waals surface area contributed by atoms with Crippen molar-refractivity contribution < 1.29 is 8.42 Å². The highest BCUT2D eigenvalue weighted by Crippen LogP contribution is 2.18. The second-order valence-electron chi connectivity index (χ2n) is 4.63. The monoisotopic (exact) mass is 255 g/mol. The van der Waals surface area contributed by atoms with Gasteiger partial charge in [0.15, 0.2) is 9.84 Å². The first kappa shape index (κ1) is 12.3. The first-order valence-corrected chi connectivity index (χ1v) is 7.58. The van der Waals surface area contributed by atoms with Crippen LogP contribution in [-0.4, -0.2) is 36.6 Å². The van der Waals surface area contributed by atoms with Crippen LogP contribution in [0, 0.1) is 0 Å². The molecular weight excluding hydrogens is 238 g/mol. The van der Waals surface area contributed by atoms with Gasteiger partial charge in [-0.1, -0.05) is 13.8 Å². The molecule has 0 aliphatic carbocycles. The second-order valence-corrected chi connectivity index (χ2v) is 6.78. The van der Waals surface area contributed by atoms with E-state index < -0.39 is 9.84 Å². The van der Waals surface area contributed by atoms with Crippen molar-refractivity contribution in [2.45, 2.75) is 26.2 Å². The first-order chi connectivity index (χ1) is 7.98. The lowest BCUT2D eigenvalue weighted by Crippen LogP contribution is -2.39. The molecule has 2 rings (SSSR count). The lowest BCUT2D eigenvalue weighted by molar-refractivity contribution is 0.579. The van der Waals surface area contributed by atoms with Crippen molar-refractivity contribution in [3.8, 4) is 0 Å². The Labute approximate surface area is 102 Å². The molecule has 0 atom stereocenters. The van der Waals surface area contributed by atoms with E-state index in [4.69, 9.17) is 0 Å². The minimum absolute atomic E-state index is 0.0363. The smallest absolute Gasteiger partial charge is 0.226 e. The van der Waals surface area contributed by atoms with E-state index in [0.717, 1.165) is 5.69 Å². The molecule has 2 heterocycles. The normalized spacial score (nSPS) is 19.6. The van der Waals surface area contributed by atoms with Crippen LogP contribution >= 0.6 is 0 Å². The minimum atomic E-state index is -2.97. The van der Waals surface area contributed by atoms with Gasteiger partial charge < -0.3 is 4.90 Å². The van der Waals surface area contributed by atoms with E-state index >= 15 is 0 Å². The number of nitrogens with zero attached hydrogens (tertiary/aromatic N) is 3. The fourth-order valence-corrected chi connectivity index (χ4v) is 3.25. The SMILES string of the molecule is CC(C)c1ccnc(N2CCCS(=O)(=O)C2)n1. The van der Waals surface area contributed by atoms with Gasteiger partial charge >= 0.3 is 0 Å². The first-order valence-electron chi connectivity index (χ1n) is 5.76. The van der Waals surface area contributed by atoms with Crippen LogP contribution in [0.1, 0.15) is 31.9 Å². The predicted molar refractivity (Wildman–Crippen MR) is 66.7 cm³/mol. The average Bonchev–Trinajstić information content (AvgIpc) is 2.28. The molecule has 1 fully saturated rings. The molecule has 5 nitrogen and oxygen atoms in total. The van der Waals surface area contributed by atoms with Crippen LogP contribution in [0.2, 0.25) is 0 Å². The third-order valence-corrected chi connectivity index (χ3v) is 4.39. The molecule has 0 saturated carbocycles. The Balaban J connectivity index is 2.25. The van der Waals surface area contributed by atoms with Gasteiger partial charge in [-0.25, -0.2) is 18.4 Å². The quantitative estimate of drug-likeness (QED) is 0.794. The number of aromatic nitrogens is 2. The zero-order chi connectivity index (χ0) is 12.5. The Kier molecular flexibility index (Phi) is 3.33. The molecule has 1 aromatic rings. The van der Waals surface area contributed by atoms with Crippen LogP contribution < -0.4 is 4.90 Å². The van der Waals surface area contributed by atoms with E-state index in [1.165, 1.54) is 0 Å². The Morgan fingerprint density at radius 1 is 1.41 bits per heavy atom. The van der Waals surface area contributed by atoms with Gasteiger partial charge in [-0.05, 0) is 18.4 Å². The molecule has 0 spiro atoms. The molecule has 1 aliphatic heterocycles. The Hall–Kier alpha value is -1.17. The Bertz CT molecular complexity index is 499. The van der Waals surface area contributed by atoms with Gasteiger partial charge in [0.2, 0.25) is 5.95 Å². The third-order valence-electron chi connectivity index (χ3n) is 2.77. The number of hydrogen-bond donors (Lipinski definition) is 0. The maximum Gasteiger partial charge on any atom is 0.226 e. The summed E-state index contributed by atoms with van der Waals surface area (Å²) < 4.78 is 23.1. The highest BCUT2D eigenvalue weighted by Gasteiger charge is 2.24. The summed E-state index contributed by atoms with van der Waals surface area (Å²) in [6.45, 7) is 4.82. The predicted octanol–water partition coefficient (Wildman–Crippen LogP) is 1.18. The summed E-state index contributed by atoms with van der Waals surface area (Å²) in [7, 11) is -2.97. The van der Waals surface area contributed by atoms with Crippen molar-refractivity contribution in [2.24, 2.45) is 0 Å². The minimum Gasteiger partial charge on any atom is -0.326 e. The molecular formula is C11H17N3O2S. The van der Waals surface area contributed by atoms with Crippen LogP contribution in [0.25, 0.3) is 0 Å². The standard InChI is InChI=1S/C11H17N3O2S/c1-9(2)10-4-5-12-11(13-10)14-6-3-7-17(15,16)8-14/h4-5,9H,3,6-8H2,1-2H3. The number of rotatable bonds is 2. The molecule has 0 radical (unpaired) electrons. The highest BCUT2D eigenvalue weighted by atomic mass is 32.2. The topological polar surface area (TPSA) is 63.2 Å². The zero-order valence-electron chi connectivity index (χ0n) is 10.1. The van der Waals surface area contributed by atoms with Crippen LogP contribution in [0.15, 0.2) is 12.3 Å². The van der Waals surface area contributed by atoms with Gasteiger partial charge in [-0.2, -0.15) is 0 Å². The van der Waals surface area contributed by atoms with E-state index in [9.17, 15) is 8.42 Å². The summed E-state index contributed by atoms with van der Waals surface area (Å²) in [4.78, 5) is 10.3. The van der Waals surface area contributed by atoms with E-state index in [-0.39, 0.29) is 11.6 Å². The maximum atomic E-state index is 11.6. The van der Waals surface area contributed by atoms with E-state index in [1.807, 2.05) is 6.07 Å². The van der Waals surface area contributed by atoms with Crippen molar-refractivity contribution in [1.29, 1.82) is 0 Å². The van der Waals surface area contributed by atoms with Gasteiger partial charge in [-0.15, -0.1) is 0 Å². The molecule has 1 aromatic heterocycles. The van der Waals surface area contributed by atoms with Crippen molar-refractivity contribution in [3.05, 3.63) is 18.0 Å². The summed E-state index contributed by atoms with van der Waals surface area (Å²) in [6.07, 6.45) is 2.34. The van der Waals surface area contributed by atoms with Crippen molar-refractivity contribution in [2.75, 3.05) is 23.1 Å². The van der Waals surface area contributed by atoms with Gasteiger partial charge in [-0.3, -0.25) is 0 Å². The Morgan fingerprint density at radius 3 is 2.82 bits per heavy atom. The lowest BCUT2D eigenvalue weighted by Gasteiger charge is -2.26. The van der Waals surface area contributed by atoms with Gasteiger partial charge in [0.1, 0.15) is 5.88 Å². The fourth-order valence-electron chi connectivity index (χ4n) is 1.84. The largest absolute Gasteiger partial charge is 0.326 e. The van der Waals surface area contributed by atoms with Crippen LogP contribution in [0.3, 0.4) is 0 Å². The number of sulfone groups is 1. The van der Waals surface area contributed by atoms with Crippen molar-refractivity contribution >= 4 is 15.8 Å².